The molecule has 6 rings (SSSR count). The minimum atomic E-state index is -0.500. The minimum absolute atomic E-state index is 0.160. The number of piperidine rings is 1. The Labute approximate surface area is 258 Å². The van der Waals surface area contributed by atoms with Gasteiger partial charge in [0.1, 0.15) is 5.82 Å². The van der Waals surface area contributed by atoms with Crippen molar-refractivity contribution in [3.8, 4) is 5.69 Å². The van der Waals surface area contributed by atoms with Gasteiger partial charge in [0.05, 0.1) is 23.0 Å². The number of pyridine rings is 1. The molecule has 0 radical (unpaired) electrons. The van der Waals surface area contributed by atoms with E-state index in [0.717, 1.165) is 44.8 Å². The Bertz CT molecular complexity index is 1660. The average Bonchev–Trinajstić information content (AvgIpc) is 3.05. The number of nitrogens with one attached hydrogen (secondary N) is 1. The van der Waals surface area contributed by atoms with Crippen molar-refractivity contribution in [2.75, 3.05) is 46.3 Å². The van der Waals surface area contributed by atoms with Gasteiger partial charge in [0.2, 0.25) is 0 Å². The van der Waals surface area contributed by atoms with Gasteiger partial charge in [-0.1, -0.05) is 67.6 Å². The molecule has 4 aromatic rings. The Hall–Kier alpha value is -3.85. The summed E-state index contributed by atoms with van der Waals surface area (Å²) in [5.41, 5.74) is 1.80. The predicted octanol–water partition coefficient (Wildman–Crippen LogP) is 5.22. The molecule has 8 heteroatoms. The summed E-state index contributed by atoms with van der Waals surface area (Å²) in [7, 11) is 2.18. The minimum Gasteiger partial charge on any atom is -0.345 e. The second-order valence-electron chi connectivity index (χ2n) is 12.2. The second kappa shape index (κ2) is 13.4. The van der Waals surface area contributed by atoms with E-state index in [-0.39, 0.29) is 23.2 Å². The number of benzene rings is 3. The van der Waals surface area contributed by atoms with Crippen molar-refractivity contribution in [3.05, 3.63) is 112 Å². The van der Waals surface area contributed by atoms with E-state index in [9.17, 15) is 9.59 Å². The number of nitrogens with zero attached hydrogens (tertiary/aromatic N) is 4. The average molecular weight is 596 g/mol. The molecule has 0 unspecified atom stereocenters. The molecule has 2 fully saturated rings. The maximum Gasteiger partial charge on any atom is 0.263 e. The van der Waals surface area contributed by atoms with E-state index in [1.165, 1.54) is 23.5 Å². The zero-order chi connectivity index (χ0) is 30.6. The van der Waals surface area contributed by atoms with Gasteiger partial charge in [-0.05, 0) is 63.2 Å². The van der Waals surface area contributed by atoms with Crippen LogP contribution in [0.4, 0.5) is 4.39 Å². The number of halogens is 1. The molecule has 7 nitrogen and oxygen atoms in total. The second-order valence-corrected chi connectivity index (χ2v) is 12.2. The molecule has 2 saturated heterocycles. The zero-order valence-electron chi connectivity index (χ0n) is 25.7. The molecule has 44 heavy (non-hydrogen) atoms. The monoisotopic (exact) mass is 595 g/mol. The van der Waals surface area contributed by atoms with Crippen LogP contribution in [0.2, 0.25) is 0 Å². The van der Waals surface area contributed by atoms with Crippen LogP contribution in [0.15, 0.2) is 83.7 Å². The zero-order valence-corrected chi connectivity index (χ0v) is 25.7. The number of likely N-dealkylation sites (tertiary alicyclic amines) is 1. The summed E-state index contributed by atoms with van der Waals surface area (Å²) in [6.45, 7) is 8.13. The number of fused-ring (bicyclic) bond motifs is 1. The number of carbonyl (C=O) groups excluding carboxylic acids is 1. The summed E-state index contributed by atoms with van der Waals surface area (Å²) in [5.74, 6) is -0.762. The van der Waals surface area contributed by atoms with Crippen molar-refractivity contribution < 1.29 is 9.18 Å². The third kappa shape index (κ3) is 6.20. The third-order valence-electron chi connectivity index (χ3n) is 9.41. The van der Waals surface area contributed by atoms with Crippen molar-refractivity contribution in [1.29, 1.82) is 0 Å². The summed E-state index contributed by atoms with van der Waals surface area (Å²) < 4.78 is 16.9. The Morgan fingerprint density at radius 1 is 0.864 bits per heavy atom. The topological polar surface area (TPSA) is 60.8 Å². The fourth-order valence-electron chi connectivity index (χ4n) is 6.88. The van der Waals surface area contributed by atoms with E-state index in [2.05, 4.69) is 27.1 Å². The van der Waals surface area contributed by atoms with E-state index in [0.29, 0.717) is 41.0 Å². The molecule has 0 saturated carbocycles. The van der Waals surface area contributed by atoms with Crippen molar-refractivity contribution in [2.45, 2.75) is 44.8 Å². The third-order valence-corrected chi connectivity index (χ3v) is 9.41. The quantitative estimate of drug-likeness (QED) is 0.303. The molecular formula is C36H42FN5O2. The van der Waals surface area contributed by atoms with E-state index >= 15 is 4.39 Å². The van der Waals surface area contributed by atoms with Crippen molar-refractivity contribution in [3.63, 3.8) is 0 Å². The van der Waals surface area contributed by atoms with E-state index in [1.807, 2.05) is 49.4 Å². The number of para-hydroxylation sites is 1. The van der Waals surface area contributed by atoms with E-state index in [1.54, 1.807) is 30.3 Å². The van der Waals surface area contributed by atoms with Crippen molar-refractivity contribution >= 4 is 16.7 Å². The summed E-state index contributed by atoms with van der Waals surface area (Å²) in [4.78, 5) is 35.8. The van der Waals surface area contributed by atoms with Crippen molar-refractivity contribution in [2.24, 2.45) is 0 Å². The molecule has 3 heterocycles. The predicted molar refractivity (Wildman–Crippen MR) is 174 cm³/mol. The van der Waals surface area contributed by atoms with Gasteiger partial charge >= 0.3 is 0 Å². The van der Waals surface area contributed by atoms with Gasteiger partial charge in [0.25, 0.3) is 11.5 Å². The molecule has 1 amide bonds. The lowest BCUT2D eigenvalue weighted by molar-refractivity contribution is 0.0609. The fraction of sp³-hybridized carbons (Fsp3) is 0.389. The van der Waals surface area contributed by atoms with Gasteiger partial charge in [-0.3, -0.25) is 24.0 Å². The van der Waals surface area contributed by atoms with Crippen LogP contribution in [-0.2, 0) is 6.54 Å². The van der Waals surface area contributed by atoms with Gasteiger partial charge in [-0.2, -0.15) is 0 Å². The fourth-order valence-corrected chi connectivity index (χ4v) is 6.88. The molecule has 1 atom stereocenters. The van der Waals surface area contributed by atoms with Crippen LogP contribution < -0.4 is 10.9 Å². The molecule has 3 aromatic carbocycles. The lowest BCUT2D eigenvalue weighted by Crippen LogP contribution is -2.52. The standard InChI is InChI=1S/C36H42FN5O2/c1-3-31(26-11-5-4-6-12-26)38-35(43)34-28-13-7-8-14-29(28)36(44)42(32-16-10-9-15-30(32)37)33(34)25-40-21-23-41(24-22-40)27-17-19-39(2)20-18-27/h4-16,27,31H,3,17-25H2,1-2H3,(H,38,43)/t31-/m0/s1. The first-order chi connectivity index (χ1) is 21.4. The highest BCUT2D eigenvalue weighted by Crippen LogP contribution is 2.27. The van der Waals surface area contributed by atoms with Crippen LogP contribution in [0, 0.1) is 5.82 Å². The SMILES string of the molecule is CC[C@H](NC(=O)c1c(CN2CCN(C3CCN(C)CC3)CC2)n(-c2ccccc2F)c(=O)c2ccccc12)c1ccccc1. The normalized spacial score (nSPS) is 18.0. The van der Waals surface area contributed by atoms with Gasteiger partial charge in [-0.15, -0.1) is 0 Å². The molecule has 1 aromatic heterocycles. The van der Waals surface area contributed by atoms with Crippen LogP contribution in [0.25, 0.3) is 16.5 Å². The van der Waals surface area contributed by atoms with Crippen LogP contribution in [-0.4, -0.2) is 77.5 Å². The number of hydrogen-bond donors (Lipinski definition) is 1. The number of aromatic nitrogens is 1. The highest BCUT2D eigenvalue weighted by Gasteiger charge is 2.30. The van der Waals surface area contributed by atoms with E-state index < -0.39 is 5.82 Å². The highest BCUT2D eigenvalue weighted by molar-refractivity contribution is 6.08. The summed E-state index contributed by atoms with van der Waals surface area (Å²) in [5, 5.41) is 4.24. The first kappa shape index (κ1) is 30.2. The number of hydrogen-bond acceptors (Lipinski definition) is 5. The smallest absolute Gasteiger partial charge is 0.263 e. The molecular weight excluding hydrogens is 553 g/mol. The van der Waals surface area contributed by atoms with Crippen LogP contribution in [0.5, 0.6) is 0 Å². The number of piperazine rings is 1. The van der Waals surface area contributed by atoms with Gasteiger partial charge in [-0.25, -0.2) is 4.39 Å². The first-order valence-electron chi connectivity index (χ1n) is 15.9. The first-order valence-corrected chi connectivity index (χ1v) is 15.9. The summed E-state index contributed by atoms with van der Waals surface area (Å²) >= 11 is 0. The molecule has 2 aliphatic rings. The van der Waals surface area contributed by atoms with Gasteiger partial charge in [0, 0.05) is 49.5 Å². The number of amides is 1. The van der Waals surface area contributed by atoms with Crippen LogP contribution in [0.3, 0.4) is 0 Å². The maximum absolute atomic E-state index is 15.4. The molecule has 0 spiro atoms. The highest BCUT2D eigenvalue weighted by atomic mass is 19.1. The molecule has 230 valence electrons. The summed E-state index contributed by atoms with van der Waals surface area (Å²) in [6, 6.07) is 23.8. The molecule has 0 aliphatic carbocycles. The number of rotatable bonds is 8. The largest absolute Gasteiger partial charge is 0.345 e. The van der Waals surface area contributed by atoms with Gasteiger partial charge < -0.3 is 10.2 Å². The van der Waals surface area contributed by atoms with Crippen LogP contribution >= 0.6 is 0 Å². The van der Waals surface area contributed by atoms with Gasteiger partial charge in [0.15, 0.2) is 0 Å². The molecule has 0 bridgehead atoms. The maximum atomic E-state index is 15.4. The van der Waals surface area contributed by atoms with E-state index in [4.69, 9.17) is 0 Å². The molecule has 1 N–H and O–H groups in total. The summed E-state index contributed by atoms with van der Waals surface area (Å²) in [6.07, 6.45) is 3.06. The Morgan fingerprint density at radius 2 is 1.50 bits per heavy atom. The number of carbonyl (C=O) groups is 1. The Kier molecular flexibility index (Phi) is 9.21. The van der Waals surface area contributed by atoms with Crippen molar-refractivity contribution in [1.82, 2.24) is 24.6 Å². The molecule has 2 aliphatic heterocycles. The Balaban J connectivity index is 1.41. The lowest BCUT2D eigenvalue weighted by atomic mass is 9.99. The lowest BCUT2D eigenvalue weighted by Gasteiger charge is -2.42. The Morgan fingerprint density at radius 3 is 2.18 bits per heavy atom. The van der Waals surface area contributed by atoms with Crippen LogP contribution in [0.1, 0.15) is 53.8 Å².